The molecule has 0 saturated carbocycles. The largest absolute Gasteiger partial charge is 0.477 e. The van der Waals surface area contributed by atoms with E-state index in [1.54, 1.807) is 22.8 Å². The van der Waals surface area contributed by atoms with Crippen LogP contribution in [0.5, 0.6) is 0 Å². The molecule has 0 spiro atoms. The van der Waals surface area contributed by atoms with E-state index in [0.717, 1.165) is 21.3 Å². The molecule has 0 aliphatic heterocycles. The molecule has 0 aliphatic carbocycles. The summed E-state index contributed by atoms with van der Waals surface area (Å²) in [5, 5.41) is 18.0. The summed E-state index contributed by atoms with van der Waals surface area (Å²) < 4.78 is 3.04. The molecule has 2 aromatic carbocycles. The average molecular weight is 422 g/mol. The highest BCUT2D eigenvalue weighted by Gasteiger charge is 2.14. The number of nitrogens with one attached hydrogen (secondary N) is 1. The maximum absolute atomic E-state index is 11.2. The molecule has 26 heavy (non-hydrogen) atoms. The molecule has 5 nitrogen and oxygen atoms in total. The van der Waals surface area contributed by atoms with Gasteiger partial charge in [-0.05, 0) is 54.0 Å². The smallest absolute Gasteiger partial charge is 0.345 e. The van der Waals surface area contributed by atoms with E-state index in [2.05, 4.69) is 10.2 Å². The van der Waals surface area contributed by atoms with E-state index in [1.807, 2.05) is 24.3 Å². The van der Waals surface area contributed by atoms with Crippen molar-refractivity contribution in [3.63, 3.8) is 0 Å². The van der Waals surface area contributed by atoms with Gasteiger partial charge in [-0.2, -0.15) is 5.10 Å². The van der Waals surface area contributed by atoms with Gasteiger partial charge in [-0.3, -0.25) is 9.67 Å². The van der Waals surface area contributed by atoms with Crippen molar-refractivity contribution in [1.29, 1.82) is 0 Å². The van der Waals surface area contributed by atoms with Crippen molar-refractivity contribution >= 4 is 62.8 Å². The highest BCUT2D eigenvalue weighted by atomic mass is 35.5. The van der Waals surface area contributed by atoms with Crippen molar-refractivity contribution in [3.8, 4) is 17.1 Å². The normalized spacial score (nSPS) is 11.2. The second-order valence-corrected chi connectivity index (χ2v) is 7.74. The van der Waals surface area contributed by atoms with Gasteiger partial charge >= 0.3 is 5.97 Å². The zero-order chi connectivity index (χ0) is 18.4. The molecular weight excluding hydrogens is 413 g/mol. The number of H-pyrrole nitrogens is 1. The number of carboxylic acid groups (broad SMARTS) is 1. The molecule has 2 aromatic heterocycles. The van der Waals surface area contributed by atoms with E-state index in [4.69, 9.17) is 35.4 Å². The first-order valence-corrected chi connectivity index (χ1v) is 9.32. The van der Waals surface area contributed by atoms with Gasteiger partial charge in [-0.1, -0.05) is 29.3 Å². The molecule has 0 amide bonds. The topological polar surface area (TPSA) is 70.9 Å². The highest BCUT2D eigenvalue weighted by Crippen LogP contribution is 2.31. The predicted octanol–water partition coefficient (Wildman–Crippen LogP) is 5.82. The van der Waals surface area contributed by atoms with Crippen LogP contribution in [0, 0.1) is 4.77 Å². The van der Waals surface area contributed by atoms with Crippen LogP contribution in [0.4, 0.5) is 0 Å². The van der Waals surface area contributed by atoms with Crippen molar-refractivity contribution in [2.24, 2.45) is 0 Å². The van der Waals surface area contributed by atoms with Gasteiger partial charge in [0.25, 0.3) is 0 Å². The number of nitrogens with zero attached hydrogens (tertiary/aromatic N) is 2. The van der Waals surface area contributed by atoms with Gasteiger partial charge in [-0.25, -0.2) is 4.79 Å². The van der Waals surface area contributed by atoms with Crippen LogP contribution in [0.3, 0.4) is 0 Å². The quantitative estimate of drug-likeness (QED) is 0.409. The number of benzene rings is 2. The molecule has 9 heteroatoms. The van der Waals surface area contributed by atoms with Crippen LogP contribution < -0.4 is 0 Å². The first kappa shape index (κ1) is 17.2. The van der Waals surface area contributed by atoms with E-state index >= 15 is 0 Å². The molecule has 0 fully saturated rings. The summed E-state index contributed by atoms with van der Waals surface area (Å²) in [7, 11) is 0. The minimum Gasteiger partial charge on any atom is -0.477 e. The SMILES string of the molecule is O=C(O)c1cc2ccc(-n3c(-c4ccc(Cl)c(Cl)c4)n[nH]c3=S)cc2s1. The molecule has 0 aliphatic rings. The molecule has 4 aromatic rings. The van der Waals surface area contributed by atoms with Crippen molar-refractivity contribution in [2.45, 2.75) is 0 Å². The molecule has 4 rings (SSSR count). The maximum Gasteiger partial charge on any atom is 0.345 e. The Balaban J connectivity index is 1.89. The Hall–Kier alpha value is -2.19. The Morgan fingerprint density at radius 1 is 1.15 bits per heavy atom. The summed E-state index contributed by atoms with van der Waals surface area (Å²) in [5.41, 5.74) is 1.53. The van der Waals surface area contributed by atoms with Crippen molar-refractivity contribution in [2.75, 3.05) is 0 Å². The molecule has 0 radical (unpaired) electrons. The lowest BCUT2D eigenvalue weighted by Gasteiger charge is -2.08. The van der Waals surface area contributed by atoms with Gasteiger partial charge in [0, 0.05) is 10.3 Å². The zero-order valence-corrected chi connectivity index (χ0v) is 16.0. The van der Waals surface area contributed by atoms with Crippen molar-refractivity contribution in [3.05, 3.63) is 62.2 Å². The van der Waals surface area contributed by atoms with Crippen LogP contribution in [-0.2, 0) is 0 Å². The monoisotopic (exact) mass is 421 g/mol. The molecule has 0 unspecified atom stereocenters. The zero-order valence-electron chi connectivity index (χ0n) is 12.9. The number of carboxylic acids is 1. The van der Waals surface area contributed by atoms with Gasteiger partial charge in [0.1, 0.15) is 4.88 Å². The Morgan fingerprint density at radius 2 is 1.96 bits per heavy atom. The molecule has 0 bridgehead atoms. The van der Waals surface area contributed by atoms with E-state index < -0.39 is 5.97 Å². The van der Waals surface area contributed by atoms with Gasteiger partial charge in [0.05, 0.1) is 15.7 Å². The Kier molecular flexibility index (Phi) is 4.32. The van der Waals surface area contributed by atoms with Gasteiger partial charge in [0.15, 0.2) is 10.6 Å². The van der Waals surface area contributed by atoms with Crippen LogP contribution in [-0.4, -0.2) is 25.8 Å². The number of aromatic nitrogens is 3. The Bertz CT molecular complexity index is 1230. The lowest BCUT2D eigenvalue weighted by Crippen LogP contribution is -1.97. The standard InChI is InChI=1S/C17H9Cl2N3O2S2/c18-11-4-2-9(5-12(11)19)15-20-21-17(25)22(15)10-3-1-8-6-14(16(23)24)26-13(8)7-10/h1-7H,(H,21,25)(H,23,24). The number of carbonyl (C=O) groups is 1. The molecule has 2 heterocycles. The summed E-state index contributed by atoms with van der Waals surface area (Å²) in [6.45, 7) is 0. The summed E-state index contributed by atoms with van der Waals surface area (Å²) in [4.78, 5) is 11.5. The minimum absolute atomic E-state index is 0.289. The predicted molar refractivity (Wildman–Crippen MR) is 107 cm³/mol. The van der Waals surface area contributed by atoms with E-state index in [1.165, 1.54) is 11.3 Å². The molecular formula is C17H9Cl2N3O2S2. The summed E-state index contributed by atoms with van der Waals surface area (Å²) in [6.07, 6.45) is 0. The van der Waals surface area contributed by atoms with Gasteiger partial charge in [-0.15, -0.1) is 11.3 Å². The molecule has 0 saturated heterocycles. The number of hydrogen-bond acceptors (Lipinski definition) is 4. The van der Waals surface area contributed by atoms with Crippen molar-refractivity contribution < 1.29 is 9.90 Å². The lowest BCUT2D eigenvalue weighted by molar-refractivity contribution is 0.0702. The van der Waals surface area contributed by atoms with Crippen molar-refractivity contribution in [1.82, 2.24) is 14.8 Å². The average Bonchev–Trinajstić information content (AvgIpc) is 3.20. The Labute approximate surface area is 166 Å². The third kappa shape index (κ3) is 2.93. The van der Waals surface area contributed by atoms with Crippen LogP contribution in [0.15, 0.2) is 42.5 Å². The van der Waals surface area contributed by atoms with Gasteiger partial charge < -0.3 is 5.11 Å². The lowest BCUT2D eigenvalue weighted by atomic mass is 10.2. The number of halogens is 2. The number of hydrogen-bond donors (Lipinski definition) is 2. The number of aromatic amines is 1. The third-order valence-electron chi connectivity index (χ3n) is 3.82. The second kappa shape index (κ2) is 6.51. The van der Waals surface area contributed by atoms with E-state index in [-0.39, 0.29) is 4.88 Å². The van der Waals surface area contributed by atoms with Crippen LogP contribution >= 0.6 is 46.8 Å². The first-order chi connectivity index (χ1) is 12.4. The molecule has 0 atom stereocenters. The van der Waals surface area contributed by atoms with Gasteiger partial charge in [0.2, 0.25) is 0 Å². The fraction of sp³-hybridized carbons (Fsp3) is 0. The maximum atomic E-state index is 11.2. The second-order valence-electron chi connectivity index (χ2n) is 5.45. The summed E-state index contributed by atoms with van der Waals surface area (Å²) in [5.74, 6) is -0.355. The molecule has 130 valence electrons. The fourth-order valence-corrected chi connectivity index (χ4v) is 4.10. The van der Waals surface area contributed by atoms with Crippen LogP contribution in [0.1, 0.15) is 9.67 Å². The first-order valence-electron chi connectivity index (χ1n) is 7.34. The number of aromatic carboxylic acids is 1. The van der Waals surface area contributed by atoms with E-state index in [9.17, 15) is 9.90 Å². The third-order valence-corrected chi connectivity index (χ3v) is 5.92. The fourth-order valence-electron chi connectivity index (χ4n) is 2.63. The number of thiophene rings is 1. The van der Waals surface area contributed by atoms with E-state index in [0.29, 0.717) is 20.6 Å². The summed E-state index contributed by atoms with van der Waals surface area (Å²) in [6, 6.07) is 12.5. The van der Waals surface area contributed by atoms with Crippen LogP contribution in [0.2, 0.25) is 10.0 Å². The number of fused-ring (bicyclic) bond motifs is 1. The molecule has 2 N–H and O–H groups in total. The number of rotatable bonds is 3. The minimum atomic E-state index is -0.941. The van der Waals surface area contributed by atoms with Crippen LogP contribution in [0.25, 0.3) is 27.2 Å². The summed E-state index contributed by atoms with van der Waals surface area (Å²) >= 11 is 18.7. The Morgan fingerprint density at radius 3 is 2.69 bits per heavy atom. The highest BCUT2D eigenvalue weighted by molar-refractivity contribution is 7.71.